The largest absolute Gasteiger partial charge is 0.504 e. The van der Waals surface area contributed by atoms with Crippen LogP contribution in [0.2, 0.25) is 0 Å². The lowest BCUT2D eigenvalue weighted by atomic mass is 9.83. The summed E-state index contributed by atoms with van der Waals surface area (Å²) >= 11 is 1.00. The summed E-state index contributed by atoms with van der Waals surface area (Å²) in [5.41, 5.74) is 6.79. The van der Waals surface area contributed by atoms with E-state index in [0.717, 1.165) is 15.9 Å². The third kappa shape index (κ3) is 3.93. The Kier molecular flexibility index (Phi) is 6.46. The highest BCUT2D eigenvalue weighted by Crippen LogP contribution is 2.39. The third-order valence-electron chi connectivity index (χ3n) is 5.71. The topological polar surface area (TPSA) is 157 Å². The molecular weight excluding hydrogens is 486 g/mol. The molecule has 0 spiro atoms. The van der Waals surface area contributed by atoms with E-state index >= 15 is 0 Å². The van der Waals surface area contributed by atoms with Gasteiger partial charge in [-0.25, -0.2) is 4.79 Å². The van der Waals surface area contributed by atoms with Gasteiger partial charge >= 0.3 is 5.97 Å². The first-order valence-corrected chi connectivity index (χ1v) is 11.3. The summed E-state index contributed by atoms with van der Waals surface area (Å²) in [4.78, 5) is 26.4. The summed E-state index contributed by atoms with van der Waals surface area (Å²) in [6.07, 6.45) is 1.56. The fourth-order valence-corrected chi connectivity index (χ4v) is 5.16. The normalized spacial score (nSPS) is 15.3. The van der Waals surface area contributed by atoms with Crippen molar-refractivity contribution in [3.63, 3.8) is 0 Å². The van der Waals surface area contributed by atoms with Crippen LogP contribution in [0.25, 0.3) is 17.5 Å². The van der Waals surface area contributed by atoms with Crippen molar-refractivity contribution in [2.45, 2.75) is 5.92 Å². The Morgan fingerprint density at radius 1 is 1.11 bits per heavy atom. The second-order valence-corrected chi connectivity index (χ2v) is 8.70. The van der Waals surface area contributed by atoms with E-state index < -0.39 is 17.4 Å². The zero-order chi connectivity index (χ0) is 26.1. The molecule has 2 aromatic carbocycles. The van der Waals surface area contributed by atoms with Crippen LogP contribution in [0.5, 0.6) is 23.0 Å². The van der Waals surface area contributed by atoms with E-state index in [4.69, 9.17) is 19.9 Å². The van der Waals surface area contributed by atoms with Crippen molar-refractivity contribution in [3.8, 4) is 29.1 Å². The number of nitrogens with two attached hydrogens (primary N) is 1. The maximum absolute atomic E-state index is 13.4. The highest BCUT2D eigenvalue weighted by Gasteiger charge is 2.36. The molecule has 1 atom stereocenters. The molecule has 0 aliphatic carbocycles. The van der Waals surface area contributed by atoms with Gasteiger partial charge in [-0.15, -0.1) is 11.3 Å². The average molecular weight is 508 g/mol. The summed E-state index contributed by atoms with van der Waals surface area (Å²) in [5.74, 6) is -1.67. The zero-order valence-electron chi connectivity index (χ0n) is 19.4. The number of phenols is 2. The van der Waals surface area contributed by atoms with Crippen LogP contribution in [-0.2, 0) is 9.53 Å². The molecule has 0 radical (unpaired) electrons. The number of fused-ring (bicyclic) bond motifs is 1. The van der Waals surface area contributed by atoms with Crippen molar-refractivity contribution in [2.24, 2.45) is 5.73 Å². The molecule has 0 bridgehead atoms. The van der Waals surface area contributed by atoms with E-state index in [1.807, 2.05) is 6.07 Å². The van der Waals surface area contributed by atoms with Crippen LogP contribution >= 0.6 is 11.3 Å². The van der Waals surface area contributed by atoms with Crippen molar-refractivity contribution >= 4 is 34.8 Å². The van der Waals surface area contributed by atoms with Crippen molar-refractivity contribution < 1.29 is 29.2 Å². The number of esters is 1. The minimum atomic E-state index is -0.975. The number of aromatic hydroxyl groups is 2. The summed E-state index contributed by atoms with van der Waals surface area (Å²) in [6.45, 7) is 0. The average Bonchev–Trinajstić information content (AvgIpc) is 3.20. The van der Waals surface area contributed by atoms with Crippen LogP contribution in [0, 0.1) is 11.3 Å². The lowest BCUT2D eigenvalue weighted by Gasteiger charge is -2.24. The fourth-order valence-electron chi connectivity index (χ4n) is 4.00. The highest BCUT2D eigenvalue weighted by molar-refractivity contribution is 7.07. The van der Waals surface area contributed by atoms with Crippen molar-refractivity contribution in [1.82, 2.24) is 4.57 Å². The minimum Gasteiger partial charge on any atom is -0.504 e. The Balaban J connectivity index is 2.07. The van der Waals surface area contributed by atoms with Crippen LogP contribution in [0.1, 0.15) is 17.0 Å². The van der Waals surface area contributed by atoms with Gasteiger partial charge in [-0.05, 0) is 41.5 Å². The number of allylic oxidation sites excluding steroid dienone is 1. The van der Waals surface area contributed by atoms with Crippen LogP contribution in [0.4, 0.5) is 0 Å². The predicted octanol–water partition coefficient (Wildman–Crippen LogP) is 0.939. The molecule has 0 unspecified atom stereocenters. The second-order valence-electron chi connectivity index (χ2n) is 7.67. The van der Waals surface area contributed by atoms with E-state index in [1.54, 1.807) is 18.2 Å². The molecule has 4 rings (SSSR count). The number of carbonyl (C=O) groups is 1. The number of methoxy groups -OCH3 is 3. The lowest BCUT2D eigenvalue weighted by Crippen LogP contribution is -2.40. The monoisotopic (exact) mass is 507 g/mol. The van der Waals surface area contributed by atoms with Crippen LogP contribution in [0.15, 0.2) is 46.8 Å². The molecule has 0 saturated heterocycles. The Morgan fingerprint density at radius 2 is 1.75 bits per heavy atom. The quantitative estimate of drug-likeness (QED) is 0.428. The van der Waals surface area contributed by atoms with Gasteiger partial charge in [-0.1, -0.05) is 12.1 Å². The molecule has 184 valence electrons. The Morgan fingerprint density at radius 3 is 2.36 bits per heavy atom. The first-order chi connectivity index (χ1) is 17.2. The van der Waals surface area contributed by atoms with Gasteiger partial charge in [0.15, 0.2) is 23.0 Å². The second kappa shape index (κ2) is 9.52. The molecule has 1 aliphatic rings. The molecule has 0 saturated carbocycles. The van der Waals surface area contributed by atoms with Gasteiger partial charge in [-0.2, -0.15) is 5.26 Å². The highest BCUT2D eigenvalue weighted by atomic mass is 32.1. The number of hydrogen-bond acceptors (Lipinski definition) is 10. The molecular formula is C25H21N3O7S. The van der Waals surface area contributed by atoms with Gasteiger partial charge in [-0.3, -0.25) is 9.36 Å². The number of rotatable bonds is 5. The predicted molar refractivity (Wildman–Crippen MR) is 132 cm³/mol. The molecule has 3 aromatic rings. The Hall–Kier alpha value is -4.69. The number of nitrogens with zero attached hydrogens (tertiary/aromatic N) is 2. The molecule has 0 fully saturated rings. The number of carbonyl (C=O) groups excluding carboxylic acids is 1. The molecule has 1 aliphatic heterocycles. The van der Waals surface area contributed by atoms with Gasteiger partial charge in [0.1, 0.15) is 10.5 Å². The summed E-state index contributed by atoms with van der Waals surface area (Å²) in [6, 6.07) is 11.0. The molecule has 10 nitrogen and oxygen atoms in total. The lowest BCUT2D eigenvalue weighted by molar-refractivity contribution is -0.134. The number of ether oxygens (including phenoxy) is 3. The van der Waals surface area contributed by atoms with Crippen molar-refractivity contribution in [3.05, 3.63) is 72.6 Å². The maximum atomic E-state index is 13.4. The first-order valence-electron chi connectivity index (χ1n) is 10.5. The fraction of sp³-hybridized carbons (Fsp3) is 0.160. The first kappa shape index (κ1) is 24.4. The Bertz CT molecular complexity index is 1640. The maximum Gasteiger partial charge on any atom is 0.337 e. The molecule has 11 heteroatoms. The number of aromatic nitrogens is 1. The molecule has 4 N–H and O–H groups in total. The smallest absolute Gasteiger partial charge is 0.337 e. The van der Waals surface area contributed by atoms with Gasteiger partial charge in [0.2, 0.25) is 0 Å². The number of thiazole rings is 1. The Labute approximate surface area is 208 Å². The number of hydrogen-bond donors (Lipinski definition) is 3. The van der Waals surface area contributed by atoms with Crippen LogP contribution in [0.3, 0.4) is 0 Å². The van der Waals surface area contributed by atoms with E-state index in [2.05, 4.69) is 0 Å². The van der Waals surface area contributed by atoms with E-state index in [-0.39, 0.29) is 49.2 Å². The SMILES string of the molecule is COC(=O)C1=c2s/c(=C/c3ccc(O)c(OC)c3)c(=O)n2C(N)=C(C#N)[C@@H]1c1ccc(O)c(OC)c1. The van der Waals surface area contributed by atoms with Crippen LogP contribution < -0.4 is 30.0 Å². The third-order valence-corrected chi connectivity index (χ3v) is 6.82. The number of nitriles is 1. The summed E-state index contributed by atoms with van der Waals surface area (Å²) < 4.78 is 16.9. The van der Waals surface area contributed by atoms with Crippen molar-refractivity contribution in [1.29, 1.82) is 5.26 Å². The van der Waals surface area contributed by atoms with E-state index in [9.17, 15) is 25.1 Å². The summed E-state index contributed by atoms with van der Waals surface area (Å²) in [7, 11) is 3.98. The molecule has 0 amide bonds. The van der Waals surface area contributed by atoms with Crippen molar-refractivity contribution in [2.75, 3.05) is 21.3 Å². The standard InChI is InChI=1S/C25H21N3O7S/c1-33-17-8-12(4-6-15(17)29)9-19-23(31)28-22(27)14(11-26)20(21(24(28)36-19)25(32)35-3)13-5-7-16(30)18(10-13)34-2/h4-10,20,29-30H,27H2,1-3H3/b19-9+/t20-/m0/s1. The number of phenolic OH excluding ortho intramolecular Hbond substituents is 2. The molecule has 36 heavy (non-hydrogen) atoms. The van der Waals surface area contributed by atoms with Gasteiger partial charge in [0, 0.05) is 0 Å². The van der Waals surface area contributed by atoms with Gasteiger partial charge in [0.05, 0.1) is 49.0 Å². The van der Waals surface area contributed by atoms with E-state index in [0.29, 0.717) is 11.1 Å². The van der Waals surface area contributed by atoms with E-state index in [1.165, 1.54) is 45.6 Å². The van der Waals surface area contributed by atoms with Gasteiger partial charge < -0.3 is 30.2 Å². The molecule has 2 heterocycles. The van der Waals surface area contributed by atoms with Crippen LogP contribution in [-0.4, -0.2) is 42.1 Å². The summed E-state index contributed by atoms with van der Waals surface area (Å²) in [5, 5.41) is 29.9. The number of benzene rings is 2. The van der Waals surface area contributed by atoms with Gasteiger partial charge in [0.25, 0.3) is 5.56 Å². The zero-order valence-corrected chi connectivity index (χ0v) is 20.3. The molecule has 1 aromatic heterocycles. The minimum absolute atomic E-state index is 0.0339.